The molecule has 0 saturated heterocycles. The molecule has 4 nitrogen and oxygen atoms in total. The van der Waals surface area contributed by atoms with Crippen LogP contribution in [0.2, 0.25) is 0 Å². The quantitative estimate of drug-likeness (QED) is 0.772. The second-order valence-electron chi connectivity index (χ2n) is 4.21. The summed E-state index contributed by atoms with van der Waals surface area (Å²) in [4.78, 5) is 0. The first kappa shape index (κ1) is 13.2. The van der Waals surface area contributed by atoms with E-state index in [9.17, 15) is 10.2 Å². The maximum absolute atomic E-state index is 9.48. The molecule has 2 aromatic carbocycles. The highest BCUT2D eigenvalue weighted by Crippen LogP contribution is 2.24. The zero-order chi connectivity index (χ0) is 13.7. The summed E-state index contributed by atoms with van der Waals surface area (Å²) in [5.41, 5.74) is 1.67. The average Bonchev–Trinajstić information content (AvgIpc) is 2.45. The van der Waals surface area contributed by atoms with Crippen molar-refractivity contribution >= 4 is 5.69 Å². The molecule has 4 heteroatoms. The second kappa shape index (κ2) is 6.11. The monoisotopic (exact) mass is 259 g/mol. The van der Waals surface area contributed by atoms with Gasteiger partial charge in [-0.2, -0.15) is 0 Å². The first-order valence-electron chi connectivity index (χ1n) is 6.03. The van der Waals surface area contributed by atoms with Crippen LogP contribution in [0.3, 0.4) is 0 Å². The number of methoxy groups -OCH3 is 1. The third-order valence-corrected chi connectivity index (χ3v) is 2.87. The van der Waals surface area contributed by atoms with E-state index in [4.69, 9.17) is 4.74 Å². The maximum Gasteiger partial charge on any atom is 0.120 e. The van der Waals surface area contributed by atoms with Crippen LogP contribution in [-0.4, -0.2) is 23.9 Å². The van der Waals surface area contributed by atoms with Crippen molar-refractivity contribution in [3.8, 4) is 11.5 Å². The van der Waals surface area contributed by atoms with E-state index in [1.807, 2.05) is 30.3 Å². The molecule has 2 aromatic rings. The largest absolute Gasteiger partial charge is 0.508 e. The van der Waals surface area contributed by atoms with Crippen molar-refractivity contribution in [2.24, 2.45) is 0 Å². The lowest BCUT2D eigenvalue weighted by Gasteiger charge is -2.18. The normalized spacial score (nSPS) is 11.9. The highest BCUT2D eigenvalue weighted by atomic mass is 16.5. The van der Waals surface area contributed by atoms with Gasteiger partial charge in [0.2, 0.25) is 0 Å². The van der Waals surface area contributed by atoms with Gasteiger partial charge in [0, 0.05) is 11.8 Å². The van der Waals surface area contributed by atoms with E-state index in [2.05, 4.69) is 5.32 Å². The highest BCUT2D eigenvalue weighted by molar-refractivity contribution is 5.50. The number of anilines is 1. The van der Waals surface area contributed by atoms with Gasteiger partial charge >= 0.3 is 0 Å². The highest BCUT2D eigenvalue weighted by Gasteiger charge is 2.11. The molecule has 0 aliphatic carbocycles. The summed E-state index contributed by atoms with van der Waals surface area (Å²) in [5.74, 6) is 0.931. The smallest absolute Gasteiger partial charge is 0.120 e. The third-order valence-electron chi connectivity index (χ3n) is 2.87. The van der Waals surface area contributed by atoms with E-state index in [0.29, 0.717) is 0 Å². The van der Waals surface area contributed by atoms with Gasteiger partial charge < -0.3 is 20.3 Å². The van der Waals surface area contributed by atoms with E-state index < -0.39 is 0 Å². The van der Waals surface area contributed by atoms with Crippen LogP contribution < -0.4 is 10.1 Å². The Morgan fingerprint density at radius 2 is 1.95 bits per heavy atom. The lowest BCUT2D eigenvalue weighted by molar-refractivity contribution is 0.276. The molecule has 0 fully saturated rings. The second-order valence-corrected chi connectivity index (χ2v) is 4.21. The third kappa shape index (κ3) is 3.39. The Balaban J connectivity index is 2.18. The van der Waals surface area contributed by atoms with Gasteiger partial charge in [-0.05, 0) is 29.8 Å². The molecule has 0 spiro atoms. The van der Waals surface area contributed by atoms with Gasteiger partial charge in [0.15, 0.2) is 0 Å². The van der Waals surface area contributed by atoms with E-state index in [-0.39, 0.29) is 18.4 Å². The van der Waals surface area contributed by atoms with E-state index in [1.54, 1.807) is 25.3 Å². The van der Waals surface area contributed by atoms with E-state index in [1.165, 1.54) is 0 Å². The number of aromatic hydroxyl groups is 1. The van der Waals surface area contributed by atoms with Gasteiger partial charge in [0.25, 0.3) is 0 Å². The molecular formula is C15H17NO3. The molecule has 2 rings (SSSR count). The molecule has 0 amide bonds. The van der Waals surface area contributed by atoms with Crippen LogP contribution in [-0.2, 0) is 0 Å². The molecule has 0 aliphatic heterocycles. The maximum atomic E-state index is 9.48. The summed E-state index contributed by atoms with van der Waals surface area (Å²) in [5, 5.41) is 22.2. The minimum absolute atomic E-state index is 0.0688. The Morgan fingerprint density at radius 1 is 1.16 bits per heavy atom. The molecule has 1 atom stereocenters. The molecule has 0 aliphatic rings. The predicted octanol–water partition coefficient (Wildman–Crippen LogP) is 2.55. The first-order chi connectivity index (χ1) is 9.22. The number of hydrogen-bond acceptors (Lipinski definition) is 4. The lowest BCUT2D eigenvalue weighted by atomic mass is 10.1. The fourth-order valence-corrected chi connectivity index (χ4v) is 1.89. The van der Waals surface area contributed by atoms with Crippen molar-refractivity contribution in [3.05, 3.63) is 54.1 Å². The van der Waals surface area contributed by atoms with Gasteiger partial charge in [-0.3, -0.25) is 0 Å². The standard InChI is InChI=1S/C15H17NO3/c1-19-14-7-3-5-12(9-14)16-15(10-17)11-4-2-6-13(18)8-11/h2-9,15-18H,10H2,1H3. The average molecular weight is 259 g/mol. The van der Waals surface area contributed by atoms with Crippen LogP contribution in [0.25, 0.3) is 0 Å². The summed E-state index contributed by atoms with van der Waals surface area (Å²) in [7, 11) is 1.61. The van der Waals surface area contributed by atoms with Crippen LogP contribution in [0.15, 0.2) is 48.5 Å². The Hall–Kier alpha value is -2.20. The molecule has 3 N–H and O–H groups in total. The zero-order valence-electron chi connectivity index (χ0n) is 10.7. The number of hydrogen-bond donors (Lipinski definition) is 3. The molecule has 1 unspecified atom stereocenters. The van der Waals surface area contributed by atoms with Crippen molar-refractivity contribution in [2.45, 2.75) is 6.04 Å². The van der Waals surface area contributed by atoms with Crippen molar-refractivity contribution in [2.75, 3.05) is 19.0 Å². The number of nitrogens with one attached hydrogen (secondary N) is 1. The molecule has 0 saturated carbocycles. The van der Waals surface area contributed by atoms with Crippen molar-refractivity contribution in [1.82, 2.24) is 0 Å². The number of ether oxygens (including phenoxy) is 1. The number of aliphatic hydroxyl groups is 1. The minimum Gasteiger partial charge on any atom is -0.508 e. The van der Waals surface area contributed by atoms with Gasteiger partial charge in [-0.25, -0.2) is 0 Å². The Labute approximate surface area is 112 Å². The Bertz CT molecular complexity index is 542. The predicted molar refractivity (Wildman–Crippen MR) is 74.6 cm³/mol. The van der Waals surface area contributed by atoms with Gasteiger partial charge in [0.1, 0.15) is 11.5 Å². The SMILES string of the molecule is COc1cccc(NC(CO)c2cccc(O)c2)c1. The summed E-state index contributed by atoms with van der Waals surface area (Å²) in [6, 6.07) is 14.0. The van der Waals surface area contributed by atoms with Crippen LogP contribution in [0.5, 0.6) is 11.5 Å². The number of benzene rings is 2. The minimum atomic E-state index is -0.279. The fraction of sp³-hybridized carbons (Fsp3) is 0.200. The number of phenols is 1. The molecule has 0 radical (unpaired) electrons. The number of aliphatic hydroxyl groups excluding tert-OH is 1. The lowest BCUT2D eigenvalue weighted by Crippen LogP contribution is -2.14. The van der Waals surface area contributed by atoms with Crippen LogP contribution in [0.1, 0.15) is 11.6 Å². The van der Waals surface area contributed by atoms with Crippen molar-refractivity contribution in [1.29, 1.82) is 0 Å². The van der Waals surface area contributed by atoms with Crippen molar-refractivity contribution < 1.29 is 14.9 Å². The van der Waals surface area contributed by atoms with Crippen LogP contribution in [0.4, 0.5) is 5.69 Å². The van der Waals surface area contributed by atoms with Crippen molar-refractivity contribution in [3.63, 3.8) is 0 Å². The van der Waals surface area contributed by atoms with Gasteiger partial charge in [-0.15, -0.1) is 0 Å². The topological polar surface area (TPSA) is 61.7 Å². The summed E-state index contributed by atoms with van der Waals surface area (Å²) < 4.78 is 5.15. The van der Waals surface area contributed by atoms with Crippen LogP contribution in [0, 0.1) is 0 Å². The summed E-state index contributed by atoms with van der Waals surface area (Å²) >= 11 is 0. The molecular weight excluding hydrogens is 242 g/mol. The number of rotatable bonds is 5. The molecule has 0 aromatic heterocycles. The molecule has 0 heterocycles. The summed E-state index contributed by atoms with van der Waals surface area (Å²) in [6.45, 7) is -0.0688. The molecule has 0 bridgehead atoms. The Morgan fingerprint density at radius 3 is 2.63 bits per heavy atom. The first-order valence-corrected chi connectivity index (χ1v) is 6.03. The van der Waals surface area contributed by atoms with Crippen LogP contribution >= 0.6 is 0 Å². The van der Waals surface area contributed by atoms with E-state index in [0.717, 1.165) is 17.0 Å². The zero-order valence-corrected chi connectivity index (χ0v) is 10.7. The Kier molecular flexibility index (Phi) is 4.26. The fourth-order valence-electron chi connectivity index (χ4n) is 1.89. The number of phenolic OH excluding ortho intramolecular Hbond substituents is 1. The van der Waals surface area contributed by atoms with E-state index >= 15 is 0 Å². The summed E-state index contributed by atoms with van der Waals surface area (Å²) in [6.07, 6.45) is 0. The van der Waals surface area contributed by atoms with Gasteiger partial charge in [-0.1, -0.05) is 18.2 Å². The molecule has 100 valence electrons. The molecule has 19 heavy (non-hydrogen) atoms. The van der Waals surface area contributed by atoms with Gasteiger partial charge in [0.05, 0.1) is 19.8 Å².